The maximum absolute atomic E-state index is 11.8. The Labute approximate surface area is 105 Å². The van der Waals surface area contributed by atoms with E-state index in [4.69, 9.17) is 0 Å². The van der Waals surface area contributed by atoms with Gasteiger partial charge in [0.25, 0.3) is 0 Å². The Bertz CT molecular complexity index is 309. The van der Waals surface area contributed by atoms with E-state index in [0.29, 0.717) is 0 Å². The first-order chi connectivity index (χ1) is 6.69. The summed E-state index contributed by atoms with van der Waals surface area (Å²) in [4.78, 5) is 11.8. The molecule has 1 unspecified atom stereocenters. The molecule has 1 N–H and O–H groups in total. The van der Waals surface area contributed by atoms with Crippen LogP contribution in [0.25, 0.3) is 0 Å². The molecule has 4 heteroatoms. The van der Waals surface area contributed by atoms with Crippen molar-refractivity contribution in [3.05, 3.63) is 34.3 Å². The molecule has 1 atom stereocenters. The third-order valence-corrected chi connectivity index (χ3v) is 2.73. The lowest BCUT2D eigenvalue weighted by Crippen LogP contribution is -2.33. The van der Waals surface area contributed by atoms with Crippen LogP contribution in [-0.4, -0.2) is 18.9 Å². The van der Waals surface area contributed by atoms with Gasteiger partial charge in [0.15, 0.2) is 5.78 Å². The van der Waals surface area contributed by atoms with Crippen LogP contribution in [0.3, 0.4) is 0 Å². The minimum Gasteiger partial charge on any atom is -0.310 e. The zero-order chi connectivity index (χ0) is 10.6. The van der Waals surface area contributed by atoms with E-state index in [1.807, 2.05) is 38.2 Å². The number of carbonyl (C=O) groups excluding carboxylic acids is 1. The molecule has 84 valence electrons. The Hall–Kier alpha value is -0.380. The zero-order valence-corrected chi connectivity index (χ0v) is 11.2. The van der Waals surface area contributed by atoms with Crippen molar-refractivity contribution in [3.63, 3.8) is 0 Å². The zero-order valence-electron chi connectivity index (χ0n) is 8.79. The maximum Gasteiger partial charge on any atom is 0.179 e. The number of hydrogen-bond acceptors (Lipinski definition) is 2. The quantitative estimate of drug-likeness (QED) is 0.864. The third kappa shape index (κ3) is 3.93. The van der Waals surface area contributed by atoms with Crippen LogP contribution in [-0.2, 0) is 0 Å². The van der Waals surface area contributed by atoms with Crippen molar-refractivity contribution in [2.75, 3.05) is 7.05 Å². The van der Waals surface area contributed by atoms with E-state index in [1.165, 1.54) is 0 Å². The summed E-state index contributed by atoms with van der Waals surface area (Å²) < 4.78 is 0.992. The van der Waals surface area contributed by atoms with Crippen molar-refractivity contribution in [2.24, 2.45) is 0 Å². The highest BCUT2D eigenvalue weighted by Crippen LogP contribution is 2.12. The van der Waals surface area contributed by atoms with Crippen LogP contribution < -0.4 is 5.32 Å². The molecule has 0 radical (unpaired) electrons. The maximum atomic E-state index is 11.8. The van der Waals surface area contributed by atoms with Crippen LogP contribution in [0, 0.1) is 0 Å². The van der Waals surface area contributed by atoms with E-state index in [9.17, 15) is 4.79 Å². The summed E-state index contributed by atoms with van der Waals surface area (Å²) in [5.74, 6) is 0.155. The first-order valence-electron chi connectivity index (χ1n) is 4.66. The normalized spacial score (nSPS) is 11.7. The van der Waals surface area contributed by atoms with Gasteiger partial charge < -0.3 is 5.32 Å². The number of Topliss-reactive ketones (excluding diaryl/α,β-unsaturated/α-hetero) is 1. The molecule has 0 heterocycles. The fourth-order valence-corrected chi connectivity index (χ4v) is 1.60. The molecule has 1 aromatic carbocycles. The second-order valence-electron chi connectivity index (χ2n) is 3.12. The Balaban J connectivity index is 0.00000196. The van der Waals surface area contributed by atoms with Gasteiger partial charge in [0.2, 0.25) is 0 Å². The monoisotopic (exact) mass is 291 g/mol. The Morgan fingerprint density at radius 1 is 1.40 bits per heavy atom. The molecule has 0 spiro atoms. The van der Waals surface area contributed by atoms with Gasteiger partial charge in [0, 0.05) is 10.0 Å². The average molecular weight is 293 g/mol. The number of ketones is 1. The van der Waals surface area contributed by atoms with Gasteiger partial charge in [-0.15, -0.1) is 12.4 Å². The van der Waals surface area contributed by atoms with Crippen molar-refractivity contribution in [1.82, 2.24) is 5.32 Å². The Morgan fingerprint density at radius 3 is 2.33 bits per heavy atom. The van der Waals surface area contributed by atoms with E-state index in [0.717, 1.165) is 16.5 Å². The van der Waals surface area contributed by atoms with Crippen molar-refractivity contribution < 1.29 is 4.79 Å². The van der Waals surface area contributed by atoms with Crippen LogP contribution in [0.5, 0.6) is 0 Å². The van der Waals surface area contributed by atoms with E-state index < -0.39 is 0 Å². The molecule has 0 aliphatic rings. The molecule has 15 heavy (non-hydrogen) atoms. The second-order valence-corrected chi connectivity index (χ2v) is 4.04. The van der Waals surface area contributed by atoms with Crippen LogP contribution >= 0.6 is 28.3 Å². The standard InChI is InChI=1S/C11H14BrNO.ClH/c1-3-10(13-2)11(14)8-4-6-9(12)7-5-8;/h4-7,10,13H,3H2,1-2H3;1H. The Morgan fingerprint density at radius 2 is 1.93 bits per heavy atom. The molecule has 0 fully saturated rings. The lowest BCUT2D eigenvalue weighted by atomic mass is 10.0. The summed E-state index contributed by atoms with van der Waals surface area (Å²) in [5.41, 5.74) is 0.759. The number of benzene rings is 1. The summed E-state index contributed by atoms with van der Waals surface area (Å²) in [6.07, 6.45) is 0.811. The van der Waals surface area contributed by atoms with E-state index in [-0.39, 0.29) is 24.2 Å². The number of carbonyl (C=O) groups is 1. The van der Waals surface area contributed by atoms with Gasteiger partial charge in [0.1, 0.15) is 0 Å². The Kier molecular flexibility index (Phi) is 6.81. The smallest absolute Gasteiger partial charge is 0.179 e. The summed E-state index contributed by atoms with van der Waals surface area (Å²) >= 11 is 3.34. The summed E-state index contributed by atoms with van der Waals surface area (Å²) in [7, 11) is 1.81. The molecule has 2 nitrogen and oxygen atoms in total. The highest BCUT2D eigenvalue weighted by atomic mass is 79.9. The summed E-state index contributed by atoms with van der Waals surface area (Å²) in [5, 5.41) is 3.00. The second kappa shape index (κ2) is 6.99. The summed E-state index contributed by atoms with van der Waals surface area (Å²) in [6.45, 7) is 2.00. The molecule has 0 aliphatic heterocycles. The molecule has 0 saturated heterocycles. The van der Waals surface area contributed by atoms with Gasteiger partial charge in [0.05, 0.1) is 6.04 Å². The van der Waals surface area contributed by atoms with Crippen molar-refractivity contribution in [1.29, 1.82) is 0 Å². The van der Waals surface area contributed by atoms with Crippen LogP contribution in [0.1, 0.15) is 23.7 Å². The van der Waals surface area contributed by atoms with Crippen molar-refractivity contribution in [2.45, 2.75) is 19.4 Å². The SMILES string of the molecule is CCC(NC)C(=O)c1ccc(Br)cc1.Cl. The summed E-state index contributed by atoms with van der Waals surface area (Å²) in [6, 6.07) is 7.38. The lowest BCUT2D eigenvalue weighted by molar-refractivity contribution is 0.0945. The van der Waals surface area contributed by atoms with E-state index in [2.05, 4.69) is 21.2 Å². The van der Waals surface area contributed by atoms with Gasteiger partial charge in [-0.2, -0.15) is 0 Å². The van der Waals surface area contributed by atoms with Gasteiger partial charge in [-0.05, 0) is 25.6 Å². The third-order valence-electron chi connectivity index (χ3n) is 2.20. The molecule has 0 aromatic heterocycles. The molecule has 0 bridgehead atoms. The van der Waals surface area contributed by atoms with Gasteiger partial charge >= 0.3 is 0 Å². The van der Waals surface area contributed by atoms with Crippen LogP contribution in [0.15, 0.2) is 28.7 Å². The molecule has 1 aromatic rings. The highest BCUT2D eigenvalue weighted by molar-refractivity contribution is 9.10. The minimum absolute atomic E-state index is 0. The molecule has 0 amide bonds. The van der Waals surface area contributed by atoms with Gasteiger partial charge in [-0.3, -0.25) is 4.79 Å². The molecular weight excluding hydrogens is 277 g/mol. The van der Waals surface area contributed by atoms with Crippen molar-refractivity contribution >= 4 is 34.1 Å². The highest BCUT2D eigenvalue weighted by Gasteiger charge is 2.15. The fraction of sp³-hybridized carbons (Fsp3) is 0.364. The van der Waals surface area contributed by atoms with E-state index in [1.54, 1.807) is 0 Å². The number of nitrogens with one attached hydrogen (secondary N) is 1. The average Bonchev–Trinajstić information content (AvgIpc) is 2.20. The fourth-order valence-electron chi connectivity index (χ4n) is 1.34. The first-order valence-corrected chi connectivity index (χ1v) is 5.45. The predicted octanol–water partition coefficient (Wildman–Crippen LogP) is 3.05. The number of hydrogen-bond donors (Lipinski definition) is 1. The van der Waals surface area contributed by atoms with Crippen LogP contribution in [0.2, 0.25) is 0 Å². The predicted molar refractivity (Wildman–Crippen MR) is 68.9 cm³/mol. The van der Waals surface area contributed by atoms with Gasteiger partial charge in [-0.1, -0.05) is 35.0 Å². The lowest BCUT2D eigenvalue weighted by Gasteiger charge is -2.12. The minimum atomic E-state index is -0.0730. The molecule has 0 aliphatic carbocycles. The largest absolute Gasteiger partial charge is 0.310 e. The number of halogens is 2. The first kappa shape index (κ1) is 14.6. The molecular formula is C11H15BrClNO. The molecule has 1 rings (SSSR count). The van der Waals surface area contributed by atoms with Crippen molar-refractivity contribution in [3.8, 4) is 0 Å². The number of likely N-dealkylation sites (N-methyl/N-ethyl adjacent to an activating group) is 1. The van der Waals surface area contributed by atoms with E-state index >= 15 is 0 Å². The van der Waals surface area contributed by atoms with Crippen LogP contribution in [0.4, 0.5) is 0 Å². The molecule has 0 saturated carbocycles. The number of rotatable bonds is 4. The van der Waals surface area contributed by atoms with Gasteiger partial charge in [-0.25, -0.2) is 0 Å². The topological polar surface area (TPSA) is 29.1 Å².